The van der Waals surface area contributed by atoms with Gasteiger partial charge in [-0.15, -0.1) is 0 Å². The van der Waals surface area contributed by atoms with Gasteiger partial charge in [0.25, 0.3) is 11.8 Å². The molecule has 0 bridgehead atoms. The third kappa shape index (κ3) is 4.38. The fraction of sp³-hybridized carbons (Fsp3) is 0.278. The van der Waals surface area contributed by atoms with Crippen LogP contribution < -0.4 is 5.32 Å². The van der Waals surface area contributed by atoms with Crippen LogP contribution in [0.5, 0.6) is 0 Å². The van der Waals surface area contributed by atoms with Gasteiger partial charge in [-0.1, -0.05) is 25.5 Å². The average molecular weight is 329 g/mol. The number of carbonyl (C=O) groups is 2. The Bertz CT molecular complexity index is 734. The van der Waals surface area contributed by atoms with Crippen LogP contribution in [-0.4, -0.2) is 35.3 Å². The van der Waals surface area contributed by atoms with Crippen LogP contribution in [0.15, 0.2) is 42.6 Å². The summed E-state index contributed by atoms with van der Waals surface area (Å²) < 4.78 is 13.6. The summed E-state index contributed by atoms with van der Waals surface area (Å²) in [6, 6.07) is 8.81. The van der Waals surface area contributed by atoms with E-state index < -0.39 is 11.7 Å². The molecule has 0 aliphatic heterocycles. The van der Waals surface area contributed by atoms with Crippen LogP contribution in [0, 0.1) is 5.82 Å². The largest absolute Gasteiger partial charge is 0.340 e. The zero-order valence-electron chi connectivity index (χ0n) is 13.8. The molecule has 2 rings (SSSR count). The van der Waals surface area contributed by atoms with Gasteiger partial charge < -0.3 is 10.2 Å². The first-order valence-corrected chi connectivity index (χ1v) is 7.80. The van der Waals surface area contributed by atoms with E-state index in [2.05, 4.69) is 10.3 Å². The molecule has 0 saturated heterocycles. The van der Waals surface area contributed by atoms with Gasteiger partial charge in [0.1, 0.15) is 11.5 Å². The molecule has 0 atom stereocenters. The van der Waals surface area contributed by atoms with Gasteiger partial charge >= 0.3 is 0 Å². The highest BCUT2D eigenvalue weighted by Gasteiger charge is 2.16. The van der Waals surface area contributed by atoms with Crippen LogP contribution in [0.2, 0.25) is 0 Å². The van der Waals surface area contributed by atoms with Gasteiger partial charge in [-0.3, -0.25) is 14.6 Å². The third-order valence-corrected chi connectivity index (χ3v) is 3.56. The van der Waals surface area contributed by atoms with Gasteiger partial charge in [0.15, 0.2) is 0 Å². The van der Waals surface area contributed by atoms with Crippen molar-refractivity contribution in [2.45, 2.75) is 19.8 Å². The fourth-order valence-electron chi connectivity index (χ4n) is 2.14. The smallest absolute Gasteiger partial charge is 0.272 e. The number of nitrogens with zero attached hydrogens (tertiary/aromatic N) is 2. The Morgan fingerprint density at radius 3 is 2.71 bits per heavy atom. The molecule has 0 saturated carbocycles. The van der Waals surface area contributed by atoms with Gasteiger partial charge in [0, 0.05) is 25.4 Å². The number of carbonyl (C=O) groups excluding carboxylic acids is 2. The molecule has 1 heterocycles. The fourth-order valence-corrected chi connectivity index (χ4v) is 2.14. The lowest BCUT2D eigenvalue weighted by atomic mass is 10.2. The molecule has 5 nitrogen and oxygen atoms in total. The Kier molecular flexibility index (Phi) is 6.01. The summed E-state index contributed by atoms with van der Waals surface area (Å²) in [5.74, 6) is -1.26. The molecule has 6 heteroatoms. The van der Waals surface area contributed by atoms with Gasteiger partial charge in [-0.2, -0.15) is 0 Å². The summed E-state index contributed by atoms with van der Waals surface area (Å²) in [7, 11) is 1.70. The number of rotatable bonds is 6. The molecule has 1 aromatic heterocycles. The molecule has 24 heavy (non-hydrogen) atoms. The molecule has 1 N–H and O–H groups in total. The summed E-state index contributed by atoms with van der Waals surface area (Å²) in [5.41, 5.74) is 0.530. The van der Waals surface area contributed by atoms with E-state index in [0.717, 1.165) is 12.8 Å². The molecule has 0 aliphatic carbocycles. The van der Waals surface area contributed by atoms with Crippen molar-refractivity contribution in [2.75, 3.05) is 18.9 Å². The standard InChI is InChI=1S/C18H20FN3O2/c1-3-4-11-22(2)18(24)16-12-13(9-10-20-16)17(23)21-15-8-6-5-7-14(15)19/h5-10,12H,3-4,11H2,1-2H3,(H,21,23). The van der Waals surface area contributed by atoms with E-state index in [1.807, 2.05) is 6.92 Å². The maximum atomic E-state index is 13.6. The van der Waals surface area contributed by atoms with Crippen LogP contribution >= 0.6 is 0 Å². The van der Waals surface area contributed by atoms with Crippen LogP contribution in [0.25, 0.3) is 0 Å². The molecule has 0 fully saturated rings. The van der Waals surface area contributed by atoms with Crippen molar-refractivity contribution in [3.63, 3.8) is 0 Å². The highest BCUT2D eigenvalue weighted by Crippen LogP contribution is 2.14. The van der Waals surface area contributed by atoms with Crippen LogP contribution in [0.3, 0.4) is 0 Å². The summed E-state index contributed by atoms with van der Waals surface area (Å²) in [6.07, 6.45) is 3.28. The molecule has 0 unspecified atom stereocenters. The maximum Gasteiger partial charge on any atom is 0.272 e. The van der Waals surface area contributed by atoms with E-state index in [1.54, 1.807) is 24.1 Å². The van der Waals surface area contributed by atoms with E-state index in [0.29, 0.717) is 6.54 Å². The first-order valence-electron chi connectivity index (χ1n) is 7.80. The van der Waals surface area contributed by atoms with Crippen molar-refractivity contribution in [3.05, 3.63) is 59.7 Å². The molecule has 126 valence electrons. The maximum absolute atomic E-state index is 13.6. The van der Waals surface area contributed by atoms with Crippen molar-refractivity contribution < 1.29 is 14.0 Å². The second kappa shape index (κ2) is 8.19. The number of aromatic nitrogens is 1. The number of anilines is 1. The topological polar surface area (TPSA) is 62.3 Å². The van der Waals surface area contributed by atoms with Crippen molar-refractivity contribution >= 4 is 17.5 Å². The Labute approximate surface area is 140 Å². The normalized spacial score (nSPS) is 10.3. The highest BCUT2D eigenvalue weighted by atomic mass is 19.1. The summed E-state index contributed by atoms with van der Waals surface area (Å²) in [5, 5.41) is 2.49. The first kappa shape index (κ1) is 17.6. The van der Waals surface area contributed by atoms with Crippen molar-refractivity contribution in [1.29, 1.82) is 0 Å². The zero-order chi connectivity index (χ0) is 17.5. The number of para-hydroxylation sites is 1. The van der Waals surface area contributed by atoms with E-state index >= 15 is 0 Å². The second-order valence-electron chi connectivity index (χ2n) is 5.44. The number of hydrogen-bond acceptors (Lipinski definition) is 3. The molecule has 0 radical (unpaired) electrons. The predicted molar refractivity (Wildman–Crippen MR) is 90.5 cm³/mol. The predicted octanol–water partition coefficient (Wildman–Crippen LogP) is 3.35. The summed E-state index contributed by atoms with van der Waals surface area (Å²) in [6.45, 7) is 2.67. The van der Waals surface area contributed by atoms with Gasteiger partial charge in [-0.05, 0) is 30.7 Å². The molecule has 0 aliphatic rings. The molecule has 2 aromatic rings. The first-order chi connectivity index (χ1) is 11.5. The third-order valence-electron chi connectivity index (χ3n) is 3.56. The zero-order valence-corrected chi connectivity index (χ0v) is 13.8. The molecular weight excluding hydrogens is 309 g/mol. The summed E-state index contributed by atoms with van der Waals surface area (Å²) in [4.78, 5) is 30.2. The lowest BCUT2D eigenvalue weighted by Gasteiger charge is -2.16. The van der Waals surface area contributed by atoms with Gasteiger partial charge in [0.05, 0.1) is 5.69 Å². The van der Waals surface area contributed by atoms with Gasteiger partial charge in [0.2, 0.25) is 0 Å². The quantitative estimate of drug-likeness (QED) is 0.884. The second-order valence-corrected chi connectivity index (χ2v) is 5.44. The Hall–Kier alpha value is -2.76. The van der Waals surface area contributed by atoms with E-state index in [4.69, 9.17) is 0 Å². The minimum absolute atomic E-state index is 0.0900. The lowest BCUT2D eigenvalue weighted by Crippen LogP contribution is -2.28. The minimum Gasteiger partial charge on any atom is -0.340 e. The van der Waals surface area contributed by atoms with Crippen molar-refractivity contribution in [3.8, 4) is 0 Å². The Balaban J connectivity index is 2.13. The minimum atomic E-state index is -0.518. The molecule has 1 aromatic carbocycles. The number of amides is 2. The Morgan fingerprint density at radius 1 is 1.25 bits per heavy atom. The van der Waals surface area contributed by atoms with E-state index in [9.17, 15) is 14.0 Å². The lowest BCUT2D eigenvalue weighted by molar-refractivity contribution is 0.0787. The monoisotopic (exact) mass is 329 g/mol. The number of halogens is 1. The molecular formula is C18H20FN3O2. The van der Waals surface area contributed by atoms with Crippen molar-refractivity contribution in [2.24, 2.45) is 0 Å². The van der Waals surface area contributed by atoms with Crippen molar-refractivity contribution in [1.82, 2.24) is 9.88 Å². The van der Waals surface area contributed by atoms with Gasteiger partial charge in [-0.25, -0.2) is 4.39 Å². The van der Waals surface area contributed by atoms with E-state index in [-0.39, 0.29) is 22.9 Å². The SMILES string of the molecule is CCCCN(C)C(=O)c1cc(C(=O)Nc2ccccc2F)ccn1. The van der Waals surface area contributed by atoms with Crippen LogP contribution in [-0.2, 0) is 0 Å². The number of nitrogens with one attached hydrogen (secondary N) is 1. The van der Waals surface area contributed by atoms with E-state index in [1.165, 1.54) is 30.5 Å². The number of pyridine rings is 1. The average Bonchev–Trinajstić information content (AvgIpc) is 2.61. The number of benzene rings is 1. The summed E-state index contributed by atoms with van der Waals surface area (Å²) >= 11 is 0. The molecule has 2 amide bonds. The van der Waals surface area contributed by atoms with Crippen LogP contribution in [0.1, 0.15) is 40.6 Å². The highest BCUT2D eigenvalue weighted by molar-refractivity contribution is 6.05. The number of hydrogen-bond donors (Lipinski definition) is 1. The molecule has 0 spiro atoms. The van der Waals surface area contributed by atoms with Crippen LogP contribution in [0.4, 0.5) is 10.1 Å². The Morgan fingerprint density at radius 2 is 2.00 bits per heavy atom. The number of unbranched alkanes of at least 4 members (excludes halogenated alkanes) is 1.